The van der Waals surface area contributed by atoms with Crippen LogP contribution in [-0.2, 0) is 19.6 Å². The standard InChI is InChI=1S/C20H24N2O5S2/c1-3-27-20(24)16-8-4-9-17(14(16)2)21-19(23)15-7-5-11-22(13-15)29(25,26)18-10-6-12-28-18/h4,6,8-10,12,15H,3,5,7,11,13H2,1-2H3,(H,21,23). The summed E-state index contributed by atoms with van der Waals surface area (Å²) < 4.78 is 32.2. The third-order valence-corrected chi connectivity index (χ3v) is 8.17. The molecule has 3 rings (SSSR count). The number of benzene rings is 1. The van der Waals surface area contributed by atoms with Gasteiger partial charge in [-0.25, -0.2) is 13.2 Å². The molecule has 0 radical (unpaired) electrons. The normalized spacial score (nSPS) is 17.7. The molecular weight excluding hydrogens is 412 g/mol. The van der Waals surface area contributed by atoms with Gasteiger partial charge in [-0.3, -0.25) is 4.79 Å². The van der Waals surface area contributed by atoms with E-state index in [-0.39, 0.29) is 23.3 Å². The average molecular weight is 437 g/mol. The van der Waals surface area contributed by atoms with Gasteiger partial charge in [0.1, 0.15) is 4.21 Å². The molecular formula is C20H24N2O5S2. The number of ether oxygens (including phenoxy) is 1. The Bertz CT molecular complexity index is 986. The molecule has 7 nitrogen and oxygen atoms in total. The maximum Gasteiger partial charge on any atom is 0.338 e. The van der Waals surface area contributed by atoms with Crippen LogP contribution in [0.3, 0.4) is 0 Å². The number of sulfonamides is 1. The molecule has 1 aliphatic heterocycles. The highest BCUT2D eigenvalue weighted by Gasteiger charge is 2.34. The predicted molar refractivity (Wildman–Crippen MR) is 112 cm³/mol. The van der Waals surface area contributed by atoms with Crippen LogP contribution < -0.4 is 5.32 Å². The molecule has 1 aromatic carbocycles. The zero-order chi connectivity index (χ0) is 21.0. The van der Waals surface area contributed by atoms with Gasteiger partial charge in [-0.2, -0.15) is 4.31 Å². The second-order valence-corrected chi connectivity index (χ2v) is 9.93. The van der Waals surface area contributed by atoms with Gasteiger partial charge in [-0.1, -0.05) is 12.1 Å². The monoisotopic (exact) mass is 436 g/mol. The molecule has 0 saturated carbocycles. The van der Waals surface area contributed by atoms with Crippen LogP contribution in [0.1, 0.15) is 35.7 Å². The van der Waals surface area contributed by atoms with Crippen LogP contribution in [0.5, 0.6) is 0 Å². The number of piperidine rings is 1. The number of thiophene rings is 1. The van der Waals surface area contributed by atoms with Gasteiger partial charge in [0.05, 0.1) is 18.1 Å². The van der Waals surface area contributed by atoms with Crippen molar-refractivity contribution in [3.63, 3.8) is 0 Å². The summed E-state index contributed by atoms with van der Waals surface area (Å²) in [7, 11) is -3.58. The first-order valence-electron chi connectivity index (χ1n) is 9.45. The van der Waals surface area contributed by atoms with Crippen molar-refractivity contribution in [3.05, 3.63) is 46.8 Å². The summed E-state index contributed by atoms with van der Waals surface area (Å²) in [6.45, 7) is 4.30. The number of nitrogens with one attached hydrogen (secondary N) is 1. The Labute approximate surface area is 174 Å². The summed E-state index contributed by atoms with van der Waals surface area (Å²) in [5, 5.41) is 4.58. The summed E-state index contributed by atoms with van der Waals surface area (Å²) in [5.74, 6) is -1.14. The van der Waals surface area contributed by atoms with Crippen LogP contribution in [-0.4, -0.2) is 44.3 Å². The Kier molecular flexibility index (Phi) is 6.71. The Morgan fingerprint density at radius 2 is 2.07 bits per heavy atom. The van der Waals surface area contributed by atoms with Gasteiger partial charge in [0.2, 0.25) is 5.91 Å². The van der Waals surface area contributed by atoms with E-state index in [9.17, 15) is 18.0 Å². The number of nitrogens with zero attached hydrogens (tertiary/aromatic N) is 1. The molecule has 1 fully saturated rings. The largest absolute Gasteiger partial charge is 0.462 e. The molecule has 9 heteroatoms. The fourth-order valence-corrected chi connectivity index (χ4v) is 6.02. The topological polar surface area (TPSA) is 92.8 Å². The van der Waals surface area contributed by atoms with Crippen molar-refractivity contribution in [2.45, 2.75) is 30.9 Å². The summed E-state index contributed by atoms with van der Waals surface area (Å²) in [6, 6.07) is 8.33. The molecule has 1 unspecified atom stereocenters. The van der Waals surface area contributed by atoms with Crippen molar-refractivity contribution in [2.75, 3.05) is 25.0 Å². The molecule has 1 N–H and O–H groups in total. The summed E-state index contributed by atoms with van der Waals surface area (Å²) in [6.07, 6.45) is 1.23. The molecule has 156 valence electrons. The third kappa shape index (κ3) is 4.68. The quantitative estimate of drug-likeness (QED) is 0.702. The van der Waals surface area contributed by atoms with E-state index in [1.54, 1.807) is 49.6 Å². The molecule has 0 aliphatic carbocycles. The van der Waals surface area contributed by atoms with E-state index in [4.69, 9.17) is 4.74 Å². The van der Waals surface area contributed by atoms with Crippen molar-refractivity contribution in [3.8, 4) is 0 Å². The van der Waals surface area contributed by atoms with Crippen molar-refractivity contribution < 1.29 is 22.7 Å². The minimum Gasteiger partial charge on any atom is -0.462 e. The predicted octanol–water partition coefficient (Wildman–Crippen LogP) is 3.27. The lowest BCUT2D eigenvalue weighted by molar-refractivity contribution is -0.120. The first-order valence-corrected chi connectivity index (χ1v) is 11.8. The first kappa shape index (κ1) is 21.5. The molecule has 1 aromatic heterocycles. The summed E-state index contributed by atoms with van der Waals surface area (Å²) in [5.41, 5.74) is 1.55. The lowest BCUT2D eigenvalue weighted by Gasteiger charge is -2.31. The number of hydrogen-bond acceptors (Lipinski definition) is 6. The number of esters is 1. The van der Waals surface area contributed by atoms with E-state index in [1.165, 1.54) is 15.6 Å². The van der Waals surface area contributed by atoms with Gasteiger partial charge in [0, 0.05) is 18.8 Å². The van der Waals surface area contributed by atoms with Gasteiger partial charge < -0.3 is 10.1 Å². The average Bonchev–Trinajstić information content (AvgIpc) is 3.25. The molecule has 1 aliphatic rings. The summed E-state index contributed by atoms with van der Waals surface area (Å²) >= 11 is 1.17. The van der Waals surface area contributed by atoms with Crippen LogP contribution in [0.15, 0.2) is 39.9 Å². The fraction of sp³-hybridized carbons (Fsp3) is 0.400. The molecule has 29 heavy (non-hydrogen) atoms. The van der Waals surface area contributed by atoms with Gasteiger partial charge in [0.25, 0.3) is 10.0 Å². The minimum atomic E-state index is -3.58. The lowest BCUT2D eigenvalue weighted by Crippen LogP contribution is -2.43. The van der Waals surface area contributed by atoms with E-state index in [0.29, 0.717) is 36.2 Å². The van der Waals surface area contributed by atoms with Crippen LogP contribution >= 0.6 is 11.3 Å². The Morgan fingerprint density at radius 3 is 2.76 bits per heavy atom. The maximum atomic E-state index is 12.8. The van der Waals surface area contributed by atoms with E-state index >= 15 is 0 Å². The van der Waals surface area contributed by atoms with Gasteiger partial charge in [-0.15, -0.1) is 11.3 Å². The van der Waals surface area contributed by atoms with Crippen molar-refractivity contribution >= 4 is 38.9 Å². The Balaban J connectivity index is 1.73. The minimum absolute atomic E-state index is 0.142. The number of carbonyl (C=O) groups excluding carboxylic acids is 2. The Morgan fingerprint density at radius 1 is 1.28 bits per heavy atom. The zero-order valence-corrected chi connectivity index (χ0v) is 18.0. The highest BCUT2D eigenvalue weighted by atomic mass is 32.2. The van der Waals surface area contributed by atoms with Gasteiger partial charge in [-0.05, 0) is 55.8 Å². The van der Waals surface area contributed by atoms with Crippen LogP contribution in [0.4, 0.5) is 5.69 Å². The Hall–Kier alpha value is -2.23. The SMILES string of the molecule is CCOC(=O)c1cccc(NC(=O)C2CCCN(S(=O)(=O)c3cccs3)C2)c1C. The van der Waals surface area contributed by atoms with Crippen LogP contribution in [0.25, 0.3) is 0 Å². The highest BCUT2D eigenvalue weighted by molar-refractivity contribution is 7.91. The van der Waals surface area contributed by atoms with Crippen molar-refractivity contribution in [1.29, 1.82) is 0 Å². The number of carbonyl (C=O) groups is 2. The van der Waals surface area contributed by atoms with Crippen molar-refractivity contribution in [1.82, 2.24) is 4.31 Å². The molecule has 1 atom stereocenters. The number of anilines is 1. The van der Waals surface area contributed by atoms with Gasteiger partial charge >= 0.3 is 5.97 Å². The van der Waals surface area contributed by atoms with Crippen LogP contribution in [0.2, 0.25) is 0 Å². The van der Waals surface area contributed by atoms with Crippen LogP contribution in [0, 0.1) is 12.8 Å². The van der Waals surface area contributed by atoms with E-state index < -0.39 is 21.9 Å². The van der Waals surface area contributed by atoms with Gasteiger partial charge in [0.15, 0.2) is 0 Å². The molecule has 1 amide bonds. The molecule has 1 saturated heterocycles. The number of hydrogen-bond donors (Lipinski definition) is 1. The maximum absolute atomic E-state index is 12.8. The first-order chi connectivity index (χ1) is 13.8. The molecule has 0 spiro atoms. The second kappa shape index (κ2) is 9.06. The zero-order valence-electron chi connectivity index (χ0n) is 16.4. The van der Waals surface area contributed by atoms with E-state index in [0.717, 1.165) is 0 Å². The third-order valence-electron chi connectivity index (χ3n) is 4.93. The lowest BCUT2D eigenvalue weighted by atomic mass is 9.98. The number of rotatable bonds is 6. The molecule has 2 aromatic rings. The van der Waals surface area contributed by atoms with Crippen molar-refractivity contribution in [2.24, 2.45) is 5.92 Å². The van der Waals surface area contributed by atoms with E-state index in [2.05, 4.69) is 5.32 Å². The highest BCUT2D eigenvalue weighted by Crippen LogP contribution is 2.28. The molecule has 2 heterocycles. The smallest absolute Gasteiger partial charge is 0.338 e. The fourth-order valence-electron chi connectivity index (χ4n) is 3.35. The second-order valence-electron chi connectivity index (χ2n) is 6.82. The van der Waals surface area contributed by atoms with E-state index in [1.807, 2.05) is 0 Å². The molecule has 0 bridgehead atoms. The summed E-state index contributed by atoms with van der Waals surface area (Å²) in [4.78, 5) is 24.9. The number of amides is 1.